The normalized spacial score (nSPS) is 13.2. The van der Waals surface area contributed by atoms with Gasteiger partial charge >= 0.3 is 49.4 Å². The van der Waals surface area contributed by atoms with E-state index in [1.165, 1.54) is 0 Å². The lowest BCUT2D eigenvalue weighted by molar-refractivity contribution is -0.683. The molecule has 0 atom stereocenters. The van der Waals surface area contributed by atoms with E-state index in [4.69, 9.17) is 0 Å². The maximum absolute atomic E-state index is 14.2. The SMILES string of the molecule is FC(F)(F)c1cc([B-](c2cc(C(F)(F)F)cc(C(F)(F)F)c2)(c2cc(C(F)(F)F)cc(C(F)(F)F)c2)c2cc(C(F)(F)F)cc(C(F)(F)F)c2)cc(C(F)(F)F)c1.O=C(C[n+]1ccc(-c2ccc(O)cc2)cc1)c1ccccc1. The van der Waals surface area contributed by atoms with E-state index in [9.17, 15) is 115 Å². The average Bonchev–Trinajstić information content (AvgIpc) is 3.38. The van der Waals surface area contributed by atoms with Crippen molar-refractivity contribution in [3.05, 3.63) is 202 Å². The van der Waals surface area contributed by atoms with Crippen molar-refractivity contribution < 1.29 is 120 Å². The molecule has 0 unspecified atom stereocenters. The Labute approximate surface area is 427 Å². The molecule has 1 aromatic heterocycles. The number of halogens is 24. The number of benzene rings is 6. The second-order valence-electron chi connectivity index (χ2n) is 17.3. The van der Waals surface area contributed by atoms with Gasteiger partial charge in [0, 0.05) is 17.7 Å². The molecule has 0 saturated heterocycles. The smallest absolute Gasteiger partial charge is 0.416 e. The number of phenolic OH excluding ortho intramolecular Hbond substituents is 1. The summed E-state index contributed by atoms with van der Waals surface area (Å²) in [6, 6.07) is 11.5. The van der Waals surface area contributed by atoms with Crippen LogP contribution in [0, 0.1) is 0 Å². The quantitative estimate of drug-likeness (QED) is 0.0713. The fourth-order valence-corrected chi connectivity index (χ4v) is 8.36. The Morgan fingerprint density at radius 3 is 0.823 bits per heavy atom. The molecule has 0 aliphatic carbocycles. The standard InChI is InChI=1S/C32H12BF24.C19H15NO2/c34-25(35,36)13-1-14(26(37,38)39)6-21(5-13)33(22-7-15(27(40,41)42)2-16(8-22)28(43,44)45,23-9-17(29(46,47)48)3-18(10-23)30(49,50)51)24-11-19(31(52,53)54)4-20(12-24)32(55,56)57;21-18-8-6-15(7-9-18)16-10-12-20(13-11-16)14-19(22)17-4-2-1-3-5-17/h1-12H;1-13H,14H2/q-1;/p+1. The summed E-state index contributed by atoms with van der Waals surface area (Å²) in [5.41, 5.74) is -27.4. The number of aromatic hydroxyl groups is 1. The van der Waals surface area contributed by atoms with Crippen LogP contribution >= 0.6 is 0 Å². The zero-order valence-corrected chi connectivity index (χ0v) is 38.6. The highest BCUT2D eigenvalue weighted by Crippen LogP contribution is 2.41. The number of rotatable bonds is 8. The van der Waals surface area contributed by atoms with E-state index in [2.05, 4.69) is 0 Å². The van der Waals surface area contributed by atoms with Crippen LogP contribution in [0.25, 0.3) is 11.1 Å². The van der Waals surface area contributed by atoms with Crippen LogP contribution in [-0.4, -0.2) is 17.0 Å². The van der Waals surface area contributed by atoms with Gasteiger partial charge in [0.05, 0.1) is 44.5 Å². The van der Waals surface area contributed by atoms with Crippen LogP contribution < -0.4 is 26.4 Å². The lowest BCUT2D eigenvalue weighted by atomic mass is 9.12. The lowest BCUT2D eigenvalue weighted by Crippen LogP contribution is -2.75. The number of ketones is 1. The van der Waals surface area contributed by atoms with Gasteiger partial charge in [-0.2, -0.15) is 132 Å². The van der Waals surface area contributed by atoms with E-state index in [-0.39, 0.29) is 11.5 Å². The summed E-state index contributed by atoms with van der Waals surface area (Å²) in [6.07, 6.45) is -51.0. The number of pyridine rings is 1. The molecular formula is C51H28BF24NO2. The van der Waals surface area contributed by atoms with Gasteiger partial charge in [-0.1, -0.05) is 91.0 Å². The lowest BCUT2D eigenvalue weighted by Gasteiger charge is -2.46. The van der Waals surface area contributed by atoms with Crippen molar-refractivity contribution in [3.63, 3.8) is 0 Å². The largest absolute Gasteiger partial charge is 0.508 e. The van der Waals surface area contributed by atoms with Gasteiger partial charge in [-0.25, -0.2) is 0 Å². The van der Waals surface area contributed by atoms with Crippen molar-refractivity contribution in [1.29, 1.82) is 0 Å². The van der Waals surface area contributed by atoms with Gasteiger partial charge in [0.2, 0.25) is 12.3 Å². The third kappa shape index (κ3) is 14.1. The summed E-state index contributed by atoms with van der Waals surface area (Å²) < 4.78 is 343. The molecule has 0 bridgehead atoms. The summed E-state index contributed by atoms with van der Waals surface area (Å²) in [4.78, 5) is 12.2. The fraction of sp³-hybridized carbons (Fsp3) is 0.176. The number of carbonyl (C=O) groups excluding carboxylic acids is 1. The van der Waals surface area contributed by atoms with Gasteiger partial charge in [-0.15, -0.1) is 0 Å². The molecule has 0 aliphatic rings. The second-order valence-corrected chi connectivity index (χ2v) is 17.3. The summed E-state index contributed by atoms with van der Waals surface area (Å²) >= 11 is 0. The fourth-order valence-electron chi connectivity index (χ4n) is 8.36. The van der Waals surface area contributed by atoms with Crippen molar-refractivity contribution in [2.45, 2.75) is 56.0 Å². The molecule has 0 spiro atoms. The second kappa shape index (κ2) is 21.2. The minimum absolute atomic E-state index is 0.0861. The van der Waals surface area contributed by atoms with E-state index in [1.54, 1.807) is 12.1 Å². The van der Waals surface area contributed by atoms with E-state index in [0.717, 1.165) is 16.7 Å². The molecule has 7 rings (SSSR count). The van der Waals surface area contributed by atoms with Crippen LogP contribution in [0.2, 0.25) is 0 Å². The predicted octanol–water partition coefficient (Wildman–Crippen LogP) is 14.4. The number of aromatic nitrogens is 1. The van der Waals surface area contributed by atoms with Crippen LogP contribution in [0.15, 0.2) is 152 Å². The van der Waals surface area contributed by atoms with E-state index in [0.29, 0.717) is 6.54 Å². The van der Waals surface area contributed by atoms with Crippen LogP contribution in [0.5, 0.6) is 5.75 Å². The van der Waals surface area contributed by atoms with Crippen LogP contribution in [0.1, 0.15) is 54.9 Å². The molecule has 0 amide bonds. The molecule has 0 aliphatic heterocycles. The molecule has 7 aromatic rings. The van der Waals surface area contributed by atoms with E-state index < -0.39 is 195 Å². The van der Waals surface area contributed by atoms with Crippen molar-refractivity contribution in [2.24, 2.45) is 0 Å². The van der Waals surface area contributed by atoms with Gasteiger partial charge in [0.1, 0.15) is 11.9 Å². The van der Waals surface area contributed by atoms with Gasteiger partial charge in [0.15, 0.2) is 12.4 Å². The van der Waals surface area contributed by atoms with Crippen LogP contribution in [0.4, 0.5) is 105 Å². The Balaban J connectivity index is 0.000000378. The molecule has 1 N–H and O–H groups in total. The first-order chi connectivity index (χ1) is 36.0. The topological polar surface area (TPSA) is 41.2 Å². The number of nitrogens with zero attached hydrogens (tertiary/aromatic N) is 1. The Morgan fingerprint density at radius 2 is 0.582 bits per heavy atom. The Kier molecular flexibility index (Phi) is 16.2. The summed E-state index contributed by atoms with van der Waals surface area (Å²) in [7, 11) is 0. The van der Waals surface area contributed by atoms with Gasteiger partial charge < -0.3 is 5.11 Å². The third-order valence-electron chi connectivity index (χ3n) is 12.0. The molecule has 28 heteroatoms. The highest BCUT2D eigenvalue weighted by Gasteiger charge is 2.47. The first-order valence-corrected chi connectivity index (χ1v) is 21.7. The van der Waals surface area contributed by atoms with Crippen LogP contribution in [0.3, 0.4) is 0 Å². The number of phenols is 1. The molecule has 0 radical (unpaired) electrons. The van der Waals surface area contributed by atoms with Gasteiger partial charge in [-0.3, -0.25) is 4.79 Å². The van der Waals surface area contributed by atoms with Crippen molar-refractivity contribution in [1.82, 2.24) is 0 Å². The molecule has 6 aromatic carbocycles. The van der Waals surface area contributed by atoms with E-state index in [1.807, 2.05) is 71.6 Å². The molecule has 0 saturated carbocycles. The number of hydrogen-bond donors (Lipinski definition) is 1. The zero-order chi connectivity index (χ0) is 59.3. The summed E-state index contributed by atoms with van der Waals surface area (Å²) in [6.45, 7) is 0.319. The highest BCUT2D eigenvalue weighted by atomic mass is 19.4. The van der Waals surface area contributed by atoms with Gasteiger partial charge in [-0.05, 0) is 47.5 Å². The Morgan fingerprint density at radius 1 is 0.342 bits per heavy atom. The monoisotopic (exact) mass is 1150 g/mol. The molecule has 79 heavy (non-hydrogen) atoms. The Hall–Kier alpha value is -7.68. The zero-order valence-electron chi connectivity index (χ0n) is 38.6. The van der Waals surface area contributed by atoms with Gasteiger partial charge in [0.25, 0.3) is 0 Å². The molecule has 420 valence electrons. The molecule has 3 nitrogen and oxygen atoms in total. The molecular weight excluding hydrogens is 1130 g/mol. The van der Waals surface area contributed by atoms with E-state index >= 15 is 0 Å². The number of hydrogen-bond acceptors (Lipinski definition) is 2. The van der Waals surface area contributed by atoms with Crippen molar-refractivity contribution in [2.75, 3.05) is 0 Å². The van der Waals surface area contributed by atoms with Crippen molar-refractivity contribution >= 4 is 33.8 Å². The number of carbonyl (C=O) groups is 1. The first-order valence-electron chi connectivity index (χ1n) is 21.7. The minimum Gasteiger partial charge on any atom is -0.508 e. The first kappa shape index (κ1) is 60.6. The third-order valence-corrected chi connectivity index (χ3v) is 12.0. The minimum atomic E-state index is -6.13. The average molecular weight is 1150 g/mol. The highest BCUT2D eigenvalue weighted by molar-refractivity contribution is 7.20. The maximum atomic E-state index is 14.2. The summed E-state index contributed by atoms with van der Waals surface area (Å²) in [5, 5.41) is 9.31. The van der Waals surface area contributed by atoms with Crippen molar-refractivity contribution in [3.8, 4) is 16.9 Å². The summed E-state index contributed by atoms with van der Waals surface area (Å²) in [5.74, 6) is 0.339. The molecule has 1 heterocycles. The molecule has 0 fully saturated rings. The Bertz CT molecular complexity index is 2880. The van der Waals surface area contributed by atoms with Crippen LogP contribution in [-0.2, 0) is 56.0 Å². The number of Topliss-reactive ketones (excluding diaryl/α,β-unsaturated/α-hetero) is 1. The predicted molar refractivity (Wildman–Crippen MR) is 235 cm³/mol. The maximum Gasteiger partial charge on any atom is 0.416 e. The number of alkyl halides is 24.